The van der Waals surface area contributed by atoms with Crippen molar-refractivity contribution >= 4 is 40.4 Å². The summed E-state index contributed by atoms with van der Waals surface area (Å²) < 4.78 is 13.6. The third-order valence-corrected chi connectivity index (χ3v) is 4.65. The highest BCUT2D eigenvalue weighted by Gasteiger charge is 2.40. The number of hydrogen-bond donors (Lipinski definition) is 1. The second-order valence-corrected chi connectivity index (χ2v) is 6.56. The largest absolute Gasteiger partial charge is 0.350 e. The van der Waals surface area contributed by atoms with Crippen LogP contribution in [-0.4, -0.2) is 11.8 Å². The molecule has 28 heavy (non-hydrogen) atoms. The van der Waals surface area contributed by atoms with Crippen molar-refractivity contribution in [3.8, 4) is 0 Å². The second kappa shape index (κ2) is 7.29. The number of amides is 2. The summed E-state index contributed by atoms with van der Waals surface area (Å²) >= 11 is 6.22. The molecule has 4 nitrogen and oxygen atoms in total. The summed E-state index contributed by atoms with van der Waals surface area (Å²) in [5, 5.41) is 3.20. The van der Waals surface area contributed by atoms with E-state index in [0.717, 1.165) is 4.90 Å². The normalized spacial score (nSPS) is 14.0. The van der Waals surface area contributed by atoms with Crippen molar-refractivity contribution in [2.45, 2.75) is 0 Å². The molecule has 1 aliphatic heterocycles. The number of rotatable bonds is 4. The van der Waals surface area contributed by atoms with Gasteiger partial charge in [0.05, 0.1) is 16.3 Å². The van der Waals surface area contributed by atoms with E-state index in [1.165, 1.54) is 18.2 Å². The van der Waals surface area contributed by atoms with Crippen LogP contribution in [0, 0.1) is 5.82 Å². The molecule has 4 rings (SSSR count). The van der Waals surface area contributed by atoms with Gasteiger partial charge in [-0.15, -0.1) is 0 Å². The summed E-state index contributed by atoms with van der Waals surface area (Å²) in [7, 11) is 0. The fourth-order valence-corrected chi connectivity index (χ4v) is 3.30. The number of carbonyl (C=O) groups excluding carboxylic acids is 2. The summed E-state index contributed by atoms with van der Waals surface area (Å²) in [6.07, 6.45) is 0. The Morgan fingerprint density at radius 3 is 2.25 bits per heavy atom. The lowest BCUT2D eigenvalue weighted by atomic mass is 10.0. The molecule has 0 saturated heterocycles. The predicted molar refractivity (Wildman–Crippen MR) is 107 cm³/mol. The summed E-state index contributed by atoms with van der Waals surface area (Å²) in [4.78, 5) is 27.4. The first kappa shape index (κ1) is 17.9. The maximum Gasteiger partial charge on any atom is 0.282 e. The van der Waals surface area contributed by atoms with Crippen LogP contribution in [0.15, 0.2) is 84.6 Å². The molecule has 2 amide bonds. The number of anilines is 2. The number of nitrogens with zero attached hydrogens (tertiary/aromatic N) is 1. The number of nitrogens with one attached hydrogen (secondary N) is 1. The van der Waals surface area contributed by atoms with E-state index in [9.17, 15) is 14.0 Å². The third-order valence-electron chi connectivity index (χ3n) is 4.33. The molecule has 0 unspecified atom stereocenters. The highest BCUT2D eigenvalue weighted by atomic mass is 35.5. The summed E-state index contributed by atoms with van der Waals surface area (Å²) in [5.74, 6) is -1.50. The Balaban J connectivity index is 1.84. The molecule has 6 heteroatoms. The number of benzene rings is 3. The Kier molecular flexibility index (Phi) is 4.67. The Labute approximate surface area is 165 Å². The van der Waals surface area contributed by atoms with Gasteiger partial charge in [-0.3, -0.25) is 9.59 Å². The number of carbonyl (C=O) groups is 2. The molecule has 3 aromatic carbocycles. The molecule has 0 aliphatic carbocycles. The highest BCUT2D eigenvalue weighted by Crippen LogP contribution is 2.36. The van der Waals surface area contributed by atoms with Gasteiger partial charge >= 0.3 is 0 Å². The van der Waals surface area contributed by atoms with Crippen molar-refractivity contribution in [3.05, 3.63) is 101 Å². The van der Waals surface area contributed by atoms with E-state index in [2.05, 4.69) is 5.32 Å². The van der Waals surface area contributed by atoms with Gasteiger partial charge in [0.1, 0.15) is 11.5 Å². The van der Waals surface area contributed by atoms with Gasteiger partial charge in [0.2, 0.25) is 0 Å². The summed E-state index contributed by atoms with van der Waals surface area (Å²) in [6, 6.07) is 21.2. The smallest absolute Gasteiger partial charge is 0.282 e. The van der Waals surface area contributed by atoms with Crippen LogP contribution < -0.4 is 10.2 Å². The molecule has 0 saturated carbocycles. The van der Waals surface area contributed by atoms with E-state index >= 15 is 0 Å². The van der Waals surface area contributed by atoms with Crippen LogP contribution in [0.2, 0.25) is 5.02 Å². The average Bonchev–Trinajstić information content (AvgIpc) is 2.93. The lowest BCUT2D eigenvalue weighted by Crippen LogP contribution is -2.32. The Morgan fingerprint density at radius 1 is 0.821 bits per heavy atom. The lowest BCUT2D eigenvalue weighted by Gasteiger charge is -2.16. The first-order valence-electron chi connectivity index (χ1n) is 8.52. The average molecular weight is 393 g/mol. The quantitative estimate of drug-likeness (QED) is 0.644. The minimum Gasteiger partial charge on any atom is -0.350 e. The van der Waals surface area contributed by atoms with Crippen molar-refractivity contribution in [1.82, 2.24) is 0 Å². The van der Waals surface area contributed by atoms with Crippen molar-refractivity contribution in [1.29, 1.82) is 0 Å². The second-order valence-electron chi connectivity index (χ2n) is 6.15. The first-order valence-corrected chi connectivity index (χ1v) is 8.89. The van der Waals surface area contributed by atoms with E-state index in [4.69, 9.17) is 11.6 Å². The van der Waals surface area contributed by atoms with Crippen molar-refractivity contribution in [3.63, 3.8) is 0 Å². The molecule has 0 spiro atoms. The van der Waals surface area contributed by atoms with Gasteiger partial charge in [-0.1, -0.05) is 60.1 Å². The fraction of sp³-hybridized carbons (Fsp3) is 0. The van der Waals surface area contributed by atoms with Gasteiger partial charge in [0, 0.05) is 5.69 Å². The van der Waals surface area contributed by atoms with Crippen LogP contribution in [0.3, 0.4) is 0 Å². The minimum absolute atomic E-state index is 0.0710. The Morgan fingerprint density at radius 2 is 1.54 bits per heavy atom. The van der Waals surface area contributed by atoms with Crippen LogP contribution in [0.25, 0.3) is 5.57 Å². The van der Waals surface area contributed by atoms with Gasteiger partial charge in [-0.25, -0.2) is 9.29 Å². The van der Waals surface area contributed by atoms with Crippen molar-refractivity contribution < 1.29 is 14.0 Å². The van der Waals surface area contributed by atoms with Crippen molar-refractivity contribution in [2.75, 3.05) is 10.2 Å². The Bertz CT molecular complexity index is 1110. The maximum atomic E-state index is 13.6. The topological polar surface area (TPSA) is 49.4 Å². The van der Waals surface area contributed by atoms with E-state index < -0.39 is 17.6 Å². The molecule has 1 N–H and O–H groups in total. The molecule has 3 aromatic rings. The van der Waals surface area contributed by atoms with Crippen molar-refractivity contribution in [2.24, 2.45) is 0 Å². The zero-order valence-electron chi connectivity index (χ0n) is 14.5. The van der Waals surface area contributed by atoms with Gasteiger partial charge < -0.3 is 5.32 Å². The lowest BCUT2D eigenvalue weighted by molar-refractivity contribution is -0.120. The predicted octanol–water partition coefficient (Wildman–Crippen LogP) is 4.88. The van der Waals surface area contributed by atoms with Crippen LogP contribution in [0.5, 0.6) is 0 Å². The molecule has 0 fully saturated rings. The van der Waals surface area contributed by atoms with E-state index in [1.54, 1.807) is 54.6 Å². The molecule has 138 valence electrons. The summed E-state index contributed by atoms with van der Waals surface area (Å²) in [5.41, 5.74) is 1.51. The zero-order chi connectivity index (χ0) is 19.7. The van der Waals surface area contributed by atoms with E-state index in [1.807, 2.05) is 6.07 Å². The maximum absolute atomic E-state index is 13.6. The van der Waals surface area contributed by atoms with Gasteiger partial charge in [-0.2, -0.15) is 0 Å². The van der Waals surface area contributed by atoms with Gasteiger partial charge in [0.15, 0.2) is 0 Å². The molecule has 0 atom stereocenters. The minimum atomic E-state index is -0.554. The van der Waals surface area contributed by atoms with E-state index in [-0.39, 0.29) is 16.3 Å². The van der Waals surface area contributed by atoms with E-state index in [0.29, 0.717) is 16.9 Å². The highest BCUT2D eigenvalue weighted by molar-refractivity contribution is 6.48. The van der Waals surface area contributed by atoms with Crippen LogP contribution in [0.4, 0.5) is 15.8 Å². The van der Waals surface area contributed by atoms with Crippen LogP contribution in [0.1, 0.15) is 5.56 Å². The molecule has 0 bridgehead atoms. The molecule has 1 heterocycles. The number of para-hydroxylation sites is 1. The van der Waals surface area contributed by atoms with Gasteiger partial charge in [-0.05, 0) is 35.9 Å². The molecular weight excluding hydrogens is 379 g/mol. The molecular formula is C22H14ClFN2O2. The Hall–Kier alpha value is -3.44. The summed E-state index contributed by atoms with van der Waals surface area (Å²) in [6.45, 7) is 0. The monoisotopic (exact) mass is 392 g/mol. The van der Waals surface area contributed by atoms with Gasteiger partial charge in [0.25, 0.3) is 11.8 Å². The SMILES string of the molecule is O=C1C(Nc2cccc(F)c2)=C(c2ccccc2)C(=O)N1c1ccccc1Cl. The molecule has 0 aromatic heterocycles. The number of hydrogen-bond acceptors (Lipinski definition) is 3. The third kappa shape index (κ3) is 3.17. The fourth-order valence-electron chi connectivity index (χ4n) is 3.08. The zero-order valence-corrected chi connectivity index (χ0v) is 15.3. The first-order chi connectivity index (χ1) is 13.6. The standard InChI is InChI=1S/C22H14ClFN2O2/c23-17-11-4-5-12-18(17)26-21(27)19(14-7-2-1-3-8-14)20(22(26)28)25-16-10-6-9-15(24)13-16/h1-13,25H. The van der Waals surface area contributed by atoms with Crippen LogP contribution >= 0.6 is 11.6 Å². The van der Waals surface area contributed by atoms with Crippen LogP contribution in [-0.2, 0) is 9.59 Å². The number of halogens is 2. The number of imide groups is 1. The molecule has 1 aliphatic rings. The molecule has 0 radical (unpaired) electrons.